The minimum absolute atomic E-state index is 0.110. The van der Waals surface area contributed by atoms with Crippen LogP contribution in [0.5, 0.6) is 6.01 Å². The van der Waals surface area contributed by atoms with Crippen molar-refractivity contribution in [3.8, 4) is 6.01 Å². The maximum Gasteiger partial charge on any atom is 0.316 e. The predicted molar refractivity (Wildman–Crippen MR) is 67.1 cm³/mol. The number of amides is 1. The lowest BCUT2D eigenvalue weighted by Crippen LogP contribution is -2.38. The Bertz CT molecular complexity index is 456. The molecule has 1 atom stereocenters. The van der Waals surface area contributed by atoms with Crippen molar-refractivity contribution in [1.29, 1.82) is 0 Å². The molecular weight excluding hydrogens is 249 g/mol. The Kier molecular flexibility index (Phi) is 3.68. The first-order valence-electron chi connectivity index (χ1n) is 6.30. The zero-order valence-corrected chi connectivity index (χ0v) is 11.4. The molecule has 5 nitrogen and oxygen atoms in total. The molecule has 0 aliphatic carbocycles. The molecular formula is C13H18FN3O2. The molecule has 2 heterocycles. The van der Waals surface area contributed by atoms with Crippen LogP contribution in [0.15, 0.2) is 12.4 Å². The van der Waals surface area contributed by atoms with Crippen LogP contribution in [0.1, 0.15) is 27.2 Å². The van der Waals surface area contributed by atoms with E-state index in [4.69, 9.17) is 4.74 Å². The quantitative estimate of drug-likeness (QED) is 0.817. The topological polar surface area (TPSA) is 55.3 Å². The molecule has 0 spiro atoms. The number of carbonyl (C=O) groups is 1. The van der Waals surface area contributed by atoms with Crippen LogP contribution in [-0.2, 0) is 4.79 Å². The van der Waals surface area contributed by atoms with Crippen LogP contribution in [0.3, 0.4) is 0 Å². The number of halogens is 1. The first-order valence-corrected chi connectivity index (χ1v) is 6.30. The van der Waals surface area contributed by atoms with Gasteiger partial charge in [-0.1, -0.05) is 20.8 Å². The van der Waals surface area contributed by atoms with E-state index < -0.39 is 5.82 Å². The molecule has 1 unspecified atom stereocenters. The highest BCUT2D eigenvalue weighted by molar-refractivity contribution is 5.81. The standard InChI is InChI=1S/C13H18FN3O2/c1-13(2,3)11(18)17-5-4-10(8-17)19-12-15-6-9(14)7-16-12/h6-7,10H,4-5,8H2,1-3H3. The molecule has 1 aromatic heterocycles. The molecule has 19 heavy (non-hydrogen) atoms. The molecule has 0 radical (unpaired) electrons. The maximum atomic E-state index is 12.7. The number of hydrogen-bond donors (Lipinski definition) is 0. The molecule has 104 valence electrons. The smallest absolute Gasteiger partial charge is 0.316 e. The summed E-state index contributed by atoms with van der Waals surface area (Å²) >= 11 is 0. The second-order valence-electron chi connectivity index (χ2n) is 5.71. The summed E-state index contributed by atoms with van der Waals surface area (Å²) in [5.74, 6) is -0.387. The van der Waals surface area contributed by atoms with Gasteiger partial charge in [0.15, 0.2) is 5.82 Å². The summed E-state index contributed by atoms with van der Waals surface area (Å²) in [4.78, 5) is 21.4. The van der Waals surface area contributed by atoms with Gasteiger partial charge in [0, 0.05) is 18.4 Å². The third kappa shape index (κ3) is 3.39. The van der Waals surface area contributed by atoms with E-state index in [0.29, 0.717) is 13.1 Å². The van der Waals surface area contributed by atoms with Crippen LogP contribution in [0.25, 0.3) is 0 Å². The lowest BCUT2D eigenvalue weighted by Gasteiger charge is -2.25. The molecule has 0 bridgehead atoms. The van der Waals surface area contributed by atoms with Gasteiger partial charge in [-0.3, -0.25) is 4.79 Å². The van der Waals surface area contributed by atoms with Gasteiger partial charge in [-0.2, -0.15) is 0 Å². The van der Waals surface area contributed by atoms with Gasteiger partial charge in [0.25, 0.3) is 0 Å². The Morgan fingerprint density at radius 1 is 1.42 bits per heavy atom. The SMILES string of the molecule is CC(C)(C)C(=O)N1CCC(Oc2ncc(F)cn2)C1. The molecule has 1 saturated heterocycles. The van der Waals surface area contributed by atoms with E-state index in [-0.39, 0.29) is 23.4 Å². The van der Waals surface area contributed by atoms with Crippen molar-refractivity contribution in [2.24, 2.45) is 5.41 Å². The summed E-state index contributed by atoms with van der Waals surface area (Å²) in [6.45, 7) is 6.88. The second-order valence-corrected chi connectivity index (χ2v) is 5.71. The van der Waals surface area contributed by atoms with Crippen LogP contribution in [0.2, 0.25) is 0 Å². The molecule has 2 rings (SSSR count). The zero-order valence-electron chi connectivity index (χ0n) is 11.4. The van der Waals surface area contributed by atoms with E-state index in [0.717, 1.165) is 18.8 Å². The predicted octanol–water partition coefficient (Wildman–Crippen LogP) is 1.64. The summed E-state index contributed by atoms with van der Waals surface area (Å²) in [6.07, 6.45) is 2.74. The fourth-order valence-corrected chi connectivity index (χ4v) is 1.99. The van der Waals surface area contributed by atoms with E-state index in [2.05, 4.69) is 9.97 Å². The molecule has 6 heteroatoms. The first-order chi connectivity index (χ1) is 8.86. The Balaban J connectivity index is 1.92. The summed E-state index contributed by atoms with van der Waals surface area (Å²) in [5.41, 5.74) is -0.388. The van der Waals surface area contributed by atoms with Gasteiger partial charge in [-0.05, 0) is 0 Å². The molecule has 1 fully saturated rings. The molecule has 1 aliphatic heterocycles. The lowest BCUT2D eigenvalue weighted by molar-refractivity contribution is -0.138. The molecule has 1 aliphatic rings. The van der Waals surface area contributed by atoms with Crippen LogP contribution in [-0.4, -0.2) is 40.0 Å². The van der Waals surface area contributed by atoms with E-state index in [1.54, 1.807) is 4.90 Å². The van der Waals surface area contributed by atoms with Crippen molar-refractivity contribution in [2.45, 2.75) is 33.3 Å². The van der Waals surface area contributed by atoms with Crippen molar-refractivity contribution in [3.05, 3.63) is 18.2 Å². The minimum atomic E-state index is -0.497. The van der Waals surface area contributed by atoms with Gasteiger partial charge in [0.05, 0.1) is 18.9 Å². The lowest BCUT2D eigenvalue weighted by atomic mass is 9.95. The van der Waals surface area contributed by atoms with Gasteiger partial charge < -0.3 is 9.64 Å². The number of carbonyl (C=O) groups excluding carboxylic acids is 1. The van der Waals surface area contributed by atoms with Gasteiger partial charge in [-0.25, -0.2) is 14.4 Å². The minimum Gasteiger partial charge on any atom is -0.458 e. The van der Waals surface area contributed by atoms with Crippen molar-refractivity contribution < 1.29 is 13.9 Å². The summed E-state index contributed by atoms with van der Waals surface area (Å²) in [6, 6.07) is 0.149. The average Bonchev–Trinajstić information content (AvgIpc) is 2.78. The number of aromatic nitrogens is 2. The van der Waals surface area contributed by atoms with E-state index in [1.807, 2.05) is 20.8 Å². The van der Waals surface area contributed by atoms with Crippen molar-refractivity contribution in [1.82, 2.24) is 14.9 Å². The molecule has 1 amide bonds. The Labute approximate surface area is 111 Å². The molecule has 0 N–H and O–H groups in total. The highest BCUT2D eigenvalue weighted by Crippen LogP contribution is 2.22. The van der Waals surface area contributed by atoms with Crippen LogP contribution >= 0.6 is 0 Å². The zero-order chi connectivity index (χ0) is 14.0. The van der Waals surface area contributed by atoms with Crippen molar-refractivity contribution in [2.75, 3.05) is 13.1 Å². The average molecular weight is 267 g/mol. The first kappa shape index (κ1) is 13.7. The van der Waals surface area contributed by atoms with E-state index in [9.17, 15) is 9.18 Å². The van der Waals surface area contributed by atoms with E-state index >= 15 is 0 Å². The molecule has 1 aromatic rings. The monoisotopic (exact) mass is 267 g/mol. The third-order valence-electron chi connectivity index (χ3n) is 2.94. The summed E-state index contributed by atoms with van der Waals surface area (Å²) in [5, 5.41) is 0. The van der Waals surface area contributed by atoms with E-state index in [1.165, 1.54) is 0 Å². The molecule has 0 saturated carbocycles. The van der Waals surface area contributed by atoms with Crippen molar-refractivity contribution >= 4 is 5.91 Å². The largest absolute Gasteiger partial charge is 0.458 e. The highest BCUT2D eigenvalue weighted by Gasteiger charge is 2.33. The fraction of sp³-hybridized carbons (Fsp3) is 0.615. The summed E-state index contributed by atoms with van der Waals surface area (Å²) in [7, 11) is 0. The highest BCUT2D eigenvalue weighted by atomic mass is 19.1. The normalized spacial score (nSPS) is 19.6. The number of nitrogens with zero attached hydrogens (tertiary/aromatic N) is 3. The Morgan fingerprint density at radius 3 is 2.63 bits per heavy atom. The van der Waals surface area contributed by atoms with Gasteiger partial charge in [-0.15, -0.1) is 0 Å². The Morgan fingerprint density at radius 2 is 2.05 bits per heavy atom. The number of rotatable bonds is 2. The van der Waals surface area contributed by atoms with Gasteiger partial charge >= 0.3 is 6.01 Å². The van der Waals surface area contributed by atoms with Gasteiger partial charge in [0.2, 0.25) is 5.91 Å². The van der Waals surface area contributed by atoms with Gasteiger partial charge in [0.1, 0.15) is 6.10 Å². The number of likely N-dealkylation sites (tertiary alicyclic amines) is 1. The molecule has 0 aromatic carbocycles. The van der Waals surface area contributed by atoms with Crippen LogP contribution in [0.4, 0.5) is 4.39 Å². The fourth-order valence-electron chi connectivity index (χ4n) is 1.99. The van der Waals surface area contributed by atoms with Crippen LogP contribution < -0.4 is 4.74 Å². The third-order valence-corrected chi connectivity index (χ3v) is 2.94. The Hall–Kier alpha value is -1.72. The number of ether oxygens (including phenoxy) is 1. The maximum absolute atomic E-state index is 12.7. The summed E-state index contributed by atoms with van der Waals surface area (Å²) < 4.78 is 18.2. The second kappa shape index (κ2) is 5.11. The number of hydrogen-bond acceptors (Lipinski definition) is 4. The van der Waals surface area contributed by atoms with Crippen molar-refractivity contribution in [3.63, 3.8) is 0 Å². The van der Waals surface area contributed by atoms with Crippen LogP contribution in [0, 0.1) is 11.2 Å².